The third-order valence-corrected chi connectivity index (χ3v) is 1.90. The minimum atomic E-state index is -0.395. The van der Waals surface area contributed by atoms with Crippen LogP contribution in [0.25, 0.3) is 0 Å². The molecule has 0 spiro atoms. The van der Waals surface area contributed by atoms with Crippen LogP contribution in [-0.4, -0.2) is 4.32 Å². The van der Waals surface area contributed by atoms with Crippen LogP contribution in [0.2, 0.25) is 0 Å². The molecule has 0 radical (unpaired) electrons. The van der Waals surface area contributed by atoms with E-state index in [-0.39, 0.29) is 10.1 Å². The third-order valence-electron chi connectivity index (χ3n) is 1.62. The fourth-order valence-electron chi connectivity index (χ4n) is 1.13. The monoisotopic (exact) mass is 248 g/mol. The predicted octanol–water partition coefficient (Wildman–Crippen LogP) is 3.68. The highest BCUT2D eigenvalue weighted by Crippen LogP contribution is 2.23. The zero-order chi connectivity index (χ0) is 10.1. The fraction of sp³-hybridized carbons (Fsp3) is 0.400. The van der Waals surface area contributed by atoms with E-state index < -0.39 is 5.82 Å². The van der Waals surface area contributed by atoms with Gasteiger partial charge >= 0.3 is 0 Å². The van der Waals surface area contributed by atoms with Crippen LogP contribution >= 0.6 is 15.9 Å². The summed E-state index contributed by atoms with van der Waals surface area (Å²) < 4.78 is 25.6. The van der Waals surface area contributed by atoms with Crippen molar-refractivity contribution in [1.82, 2.24) is 0 Å². The highest BCUT2D eigenvalue weighted by atomic mass is 79.9. The number of hydrogen-bond acceptors (Lipinski definition) is 0. The van der Waals surface area contributed by atoms with Crippen LogP contribution in [0.4, 0.5) is 8.78 Å². The highest BCUT2D eigenvalue weighted by molar-refractivity contribution is 9.10. The summed E-state index contributed by atoms with van der Waals surface area (Å²) in [5, 5.41) is 0. The lowest BCUT2D eigenvalue weighted by Crippen LogP contribution is -2.14. The van der Waals surface area contributed by atoms with E-state index >= 15 is 0 Å². The van der Waals surface area contributed by atoms with Gasteiger partial charge in [-0.25, -0.2) is 8.78 Å². The summed E-state index contributed by atoms with van der Waals surface area (Å²) in [6.07, 6.45) is 0.469. The van der Waals surface area contributed by atoms with Crippen molar-refractivity contribution in [1.29, 1.82) is 0 Å². The fourth-order valence-corrected chi connectivity index (χ4v) is 1.43. The molecule has 0 amide bonds. The number of halogens is 3. The molecule has 3 heteroatoms. The molecular formula is C10H11BrF2. The Balaban J connectivity index is 2.94. The third kappa shape index (κ3) is 3.43. The van der Waals surface area contributed by atoms with E-state index in [1.165, 1.54) is 6.07 Å². The summed E-state index contributed by atoms with van der Waals surface area (Å²) in [5.41, 5.74) is 0.405. The van der Waals surface area contributed by atoms with Crippen LogP contribution in [0.3, 0.4) is 0 Å². The largest absolute Gasteiger partial charge is 0.207 e. The predicted molar refractivity (Wildman–Crippen MR) is 53.1 cm³/mol. The molecule has 1 aromatic rings. The molecule has 0 atom stereocenters. The second kappa shape index (κ2) is 3.74. The first-order chi connectivity index (χ1) is 5.88. The normalized spacial score (nSPS) is 11.8. The molecule has 1 rings (SSSR count). The van der Waals surface area contributed by atoms with E-state index in [2.05, 4.69) is 15.9 Å². The molecule has 0 aliphatic heterocycles. The van der Waals surface area contributed by atoms with E-state index in [4.69, 9.17) is 0 Å². The lowest BCUT2D eigenvalue weighted by Gasteiger charge is -2.16. The van der Waals surface area contributed by atoms with Crippen LogP contribution in [0.15, 0.2) is 18.2 Å². The molecule has 0 unspecified atom stereocenters. The first-order valence-corrected chi connectivity index (χ1v) is 4.81. The van der Waals surface area contributed by atoms with Gasteiger partial charge in [0, 0.05) is 4.32 Å². The van der Waals surface area contributed by atoms with Gasteiger partial charge < -0.3 is 0 Å². The van der Waals surface area contributed by atoms with Crippen molar-refractivity contribution in [2.75, 3.05) is 0 Å². The van der Waals surface area contributed by atoms with E-state index in [0.29, 0.717) is 12.0 Å². The molecule has 0 aliphatic rings. The van der Waals surface area contributed by atoms with Gasteiger partial charge in [-0.1, -0.05) is 15.9 Å². The molecule has 0 saturated carbocycles. The Bertz CT molecular complexity index is 302. The van der Waals surface area contributed by atoms with Gasteiger partial charge in [-0.05, 0) is 44.0 Å². The standard InChI is InChI=1S/C10H11BrF2/c1-10(2,11)6-7-5-8(12)3-4-9(7)13/h3-5H,6H2,1-2H3. The summed E-state index contributed by atoms with van der Waals surface area (Å²) in [7, 11) is 0. The summed E-state index contributed by atoms with van der Waals surface area (Å²) in [6.45, 7) is 3.83. The minimum absolute atomic E-state index is 0.207. The van der Waals surface area contributed by atoms with E-state index in [1.807, 2.05) is 13.8 Å². The summed E-state index contributed by atoms with van der Waals surface area (Å²) in [6, 6.07) is 3.52. The number of benzene rings is 1. The zero-order valence-electron chi connectivity index (χ0n) is 7.57. The number of rotatable bonds is 2. The Labute approximate surface area is 85.1 Å². The Kier molecular flexibility index (Phi) is 3.06. The van der Waals surface area contributed by atoms with Crippen molar-refractivity contribution in [2.45, 2.75) is 24.6 Å². The van der Waals surface area contributed by atoms with Crippen LogP contribution in [-0.2, 0) is 6.42 Å². The second-order valence-electron chi connectivity index (χ2n) is 3.63. The minimum Gasteiger partial charge on any atom is -0.207 e. The SMILES string of the molecule is CC(C)(Br)Cc1cc(F)ccc1F. The number of alkyl halides is 1. The van der Waals surface area contributed by atoms with Gasteiger partial charge in [-0.15, -0.1) is 0 Å². The Hall–Kier alpha value is -0.440. The van der Waals surface area contributed by atoms with E-state index in [0.717, 1.165) is 12.1 Å². The van der Waals surface area contributed by atoms with Crippen LogP contribution in [0.5, 0.6) is 0 Å². The van der Waals surface area contributed by atoms with Crippen molar-refractivity contribution in [2.24, 2.45) is 0 Å². The van der Waals surface area contributed by atoms with Crippen molar-refractivity contribution in [3.63, 3.8) is 0 Å². The van der Waals surface area contributed by atoms with E-state index in [9.17, 15) is 8.78 Å². The van der Waals surface area contributed by atoms with Gasteiger partial charge in [-0.2, -0.15) is 0 Å². The molecule has 0 N–H and O–H groups in total. The van der Waals surface area contributed by atoms with Gasteiger partial charge in [0.15, 0.2) is 0 Å². The summed E-state index contributed by atoms with van der Waals surface area (Å²) in [4.78, 5) is 0. The van der Waals surface area contributed by atoms with Gasteiger partial charge in [-0.3, -0.25) is 0 Å². The van der Waals surface area contributed by atoms with E-state index in [1.54, 1.807) is 0 Å². The molecule has 0 fully saturated rings. The first kappa shape index (κ1) is 10.6. The first-order valence-electron chi connectivity index (χ1n) is 4.01. The smallest absolute Gasteiger partial charge is 0.126 e. The van der Waals surface area contributed by atoms with Gasteiger partial charge in [0.05, 0.1) is 0 Å². The van der Waals surface area contributed by atoms with Crippen molar-refractivity contribution in [3.8, 4) is 0 Å². The Morgan fingerprint density at radius 3 is 2.46 bits per heavy atom. The van der Waals surface area contributed by atoms with Gasteiger partial charge in [0.2, 0.25) is 0 Å². The molecular weight excluding hydrogens is 238 g/mol. The maximum Gasteiger partial charge on any atom is 0.126 e. The lowest BCUT2D eigenvalue weighted by molar-refractivity contribution is 0.573. The molecule has 0 nitrogen and oxygen atoms in total. The molecule has 0 aromatic heterocycles. The average molecular weight is 249 g/mol. The van der Waals surface area contributed by atoms with Crippen LogP contribution in [0, 0.1) is 11.6 Å². The highest BCUT2D eigenvalue weighted by Gasteiger charge is 2.16. The molecule has 0 aliphatic carbocycles. The van der Waals surface area contributed by atoms with Gasteiger partial charge in [0.1, 0.15) is 11.6 Å². The number of hydrogen-bond donors (Lipinski definition) is 0. The molecule has 13 heavy (non-hydrogen) atoms. The Morgan fingerprint density at radius 1 is 1.31 bits per heavy atom. The molecule has 0 heterocycles. The van der Waals surface area contributed by atoms with Crippen LogP contribution in [0.1, 0.15) is 19.4 Å². The quantitative estimate of drug-likeness (QED) is 0.701. The molecule has 1 aromatic carbocycles. The summed E-state index contributed by atoms with van der Waals surface area (Å²) in [5.74, 6) is -0.748. The van der Waals surface area contributed by atoms with Crippen molar-refractivity contribution in [3.05, 3.63) is 35.4 Å². The van der Waals surface area contributed by atoms with Gasteiger partial charge in [0.25, 0.3) is 0 Å². The van der Waals surface area contributed by atoms with Crippen molar-refractivity contribution < 1.29 is 8.78 Å². The maximum absolute atomic E-state index is 13.1. The molecule has 72 valence electrons. The zero-order valence-corrected chi connectivity index (χ0v) is 9.16. The average Bonchev–Trinajstić information content (AvgIpc) is 1.94. The Morgan fingerprint density at radius 2 is 1.92 bits per heavy atom. The summed E-state index contributed by atoms with van der Waals surface area (Å²) >= 11 is 3.38. The maximum atomic E-state index is 13.1. The van der Waals surface area contributed by atoms with Crippen molar-refractivity contribution >= 4 is 15.9 Å². The lowest BCUT2D eigenvalue weighted by atomic mass is 10.0. The second-order valence-corrected chi connectivity index (χ2v) is 5.78. The molecule has 0 bridgehead atoms. The van der Waals surface area contributed by atoms with Crippen LogP contribution < -0.4 is 0 Å². The topological polar surface area (TPSA) is 0 Å². The molecule has 0 saturated heterocycles.